The highest BCUT2D eigenvalue weighted by atomic mass is 32.1. The van der Waals surface area contributed by atoms with E-state index >= 15 is 0 Å². The number of rotatable bonds is 6. The predicted octanol–water partition coefficient (Wildman–Crippen LogP) is 1.63. The lowest BCUT2D eigenvalue weighted by atomic mass is 9.84. The van der Waals surface area contributed by atoms with Gasteiger partial charge in [0, 0.05) is 24.0 Å². The van der Waals surface area contributed by atoms with Crippen LogP contribution in [0.5, 0.6) is 0 Å². The van der Waals surface area contributed by atoms with E-state index in [2.05, 4.69) is 10.3 Å². The second-order valence-electron chi connectivity index (χ2n) is 5.25. The molecule has 1 aliphatic rings. The number of nitrogens with zero attached hydrogens (tertiary/aromatic N) is 1. The fourth-order valence-corrected chi connectivity index (χ4v) is 3.36. The van der Waals surface area contributed by atoms with Crippen LogP contribution in [0.2, 0.25) is 0 Å². The number of primary amides is 1. The summed E-state index contributed by atoms with van der Waals surface area (Å²) in [5.41, 5.74) is 5.40. The molecule has 0 aromatic carbocycles. The minimum Gasteiger partial charge on any atom is -0.369 e. The van der Waals surface area contributed by atoms with Gasteiger partial charge in [-0.25, -0.2) is 4.98 Å². The summed E-state index contributed by atoms with van der Waals surface area (Å²) in [5, 5.41) is 5.97. The first-order valence-electron chi connectivity index (χ1n) is 7.14. The van der Waals surface area contributed by atoms with Gasteiger partial charge in [0.05, 0.1) is 10.9 Å². The number of thiazole rings is 1. The van der Waals surface area contributed by atoms with Crippen LogP contribution in [0.4, 0.5) is 0 Å². The Morgan fingerprint density at radius 3 is 2.90 bits per heavy atom. The molecule has 2 amide bonds. The monoisotopic (exact) mass is 295 g/mol. The van der Waals surface area contributed by atoms with Crippen molar-refractivity contribution in [2.75, 3.05) is 0 Å². The molecule has 5 nitrogen and oxygen atoms in total. The molecule has 1 aromatic heterocycles. The van der Waals surface area contributed by atoms with Crippen LogP contribution in [0.25, 0.3) is 0 Å². The highest BCUT2D eigenvalue weighted by molar-refractivity contribution is 7.09. The molecule has 20 heavy (non-hydrogen) atoms. The number of aromatic nitrogens is 1. The van der Waals surface area contributed by atoms with Gasteiger partial charge in [0.2, 0.25) is 11.8 Å². The van der Waals surface area contributed by atoms with Crippen molar-refractivity contribution in [1.29, 1.82) is 0 Å². The molecule has 0 bridgehead atoms. The number of nitrogens with one attached hydrogen (secondary N) is 1. The molecule has 3 N–H and O–H groups in total. The summed E-state index contributed by atoms with van der Waals surface area (Å²) in [7, 11) is 0. The average molecular weight is 295 g/mol. The first-order valence-corrected chi connectivity index (χ1v) is 8.02. The zero-order valence-corrected chi connectivity index (χ0v) is 12.3. The Labute approximate surface area is 123 Å². The maximum atomic E-state index is 11.9. The molecule has 0 radical (unpaired) electrons. The van der Waals surface area contributed by atoms with E-state index in [9.17, 15) is 9.59 Å². The third-order valence-electron chi connectivity index (χ3n) is 3.76. The van der Waals surface area contributed by atoms with E-state index in [1.54, 1.807) is 17.5 Å². The Morgan fingerprint density at radius 1 is 1.40 bits per heavy atom. The van der Waals surface area contributed by atoms with Crippen LogP contribution in [-0.2, 0) is 16.0 Å². The van der Waals surface area contributed by atoms with Gasteiger partial charge in [0.25, 0.3) is 0 Å². The van der Waals surface area contributed by atoms with Crippen molar-refractivity contribution in [3.05, 3.63) is 16.6 Å². The summed E-state index contributed by atoms with van der Waals surface area (Å²) < 4.78 is 0. The molecule has 6 heteroatoms. The van der Waals surface area contributed by atoms with E-state index in [0.717, 1.165) is 43.5 Å². The minimum atomic E-state index is -0.294. The van der Waals surface area contributed by atoms with Crippen LogP contribution < -0.4 is 11.1 Å². The van der Waals surface area contributed by atoms with Gasteiger partial charge in [0.1, 0.15) is 0 Å². The molecule has 0 aliphatic heterocycles. The van der Waals surface area contributed by atoms with E-state index < -0.39 is 0 Å². The zero-order chi connectivity index (χ0) is 14.4. The van der Waals surface area contributed by atoms with E-state index in [-0.39, 0.29) is 23.8 Å². The number of hydrogen-bond acceptors (Lipinski definition) is 4. The number of aryl methyl sites for hydroxylation is 1. The van der Waals surface area contributed by atoms with Crippen LogP contribution in [0.15, 0.2) is 11.6 Å². The lowest BCUT2D eigenvalue weighted by molar-refractivity contribution is -0.126. The summed E-state index contributed by atoms with van der Waals surface area (Å²) in [6.45, 7) is 0. The van der Waals surface area contributed by atoms with Gasteiger partial charge in [-0.15, -0.1) is 11.3 Å². The fraction of sp³-hybridized carbons (Fsp3) is 0.643. The number of hydrogen-bond donors (Lipinski definition) is 2. The molecule has 1 aliphatic carbocycles. The quantitative estimate of drug-likeness (QED) is 0.836. The van der Waals surface area contributed by atoms with Gasteiger partial charge in [0.15, 0.2) is 0 Å². The van der Waals surface area contributed by atoms with Crippen LogP contribution in [0.3, 0.4) is 0 Å². The Balaban J connectivity index is 1.73. The molecule has 1 aromatic rings. The van der Waals surface area contributed by atoms with E-state index in [4.69, 9.17) is 5.73 Å². The number of carbonyl (C=O) groups is 2. The summed E-state index contributed by atoms with van der Waals surface area (Å²) in [6, 6.07) is -0.0754. The third-order valence-corrected chi connectivity index (χ3v) is 4.60. The minimum absolute atomic E-state index is 0.0136. The Hall–Kier alpha value is -1.43. The van der Waals surface area contributed by atoms with Crippen LogP contribution in [0.1, 0.15) is 43.5 Å². The van der Waals surface area contributed by atoms with Gasteiger partial charge < -0.3 is 11.1 Å². The van der Waals surface area contributed by atoms with Crippen LogP contribution >= 0.6 is 11.3 Å². The molecule has 0 spiro atoms. The zero-order valence-electron chi connectivity index (χ0n) is 11.5. The van der Waals surface area contributed by atoms with Crippen LogP contribution in [-0.4, -0.2) is 22.8 Å². The molecular formula is C14H21N3O2S. The first kappa shape index (κ1) is 15.0. The van der Waals surface area contributed by atoms with Crippen molar-refractivity contribution in [3.8, 4) is 0 Å². The lowest BCUT2D eigenvalue weighted by Gasteiger charge is -2.29. The fourth-order valence-electron chi connectivity index (χ4n) is 2.70. The van der Waals surface area contributed by atoms with Gasteiger partial charge in [-0.2, -0.15) is 0 Å². The SMILES string of the molecule is NC(=O)[C@@H]1CCCC[C@H]1NC(=O)CCCc1nccs1. The Bertz CT molecular complexity index is 447. The summed E-state index contributed by atoms with van der Waals surface area (Å²) in [5.74, 6) is -0.482. The molecule has 1 heterocycles. The van der Waals surface area contributed by atoms with Crippen molar-refractivity contribution >= 4 is 23.2 Å². The predicted molar refractivity (Wildman–Crippen MR) is 78.1 cm³/mol. The molecule has 0 unspecified atom stereocenters. The summed E-state index contributed by atoms with van der Waals surface area (Å²) in [6.07, 6.45) is 7.58. The van der Waals surface area contributed by atoms with E-state index in [0.29, 0.717) is 6.42 Å². The van der Waals surface area contributed by atoms with Crippen molar-refractivity contribution in [2.24, 2.45) is 11.7 Å². The standard InChI is InChI=1S/C14H21N3O2S/c15-14(19)10-4-1-2-5-11(10)17-12(18)6-3-7-13-16-8-9-20-13/h8-11H,1-7H2,(H2,15,19)(H,17,18)/t10-,11-/m1/s1. The maximum Gasteiger partial charge on any atom is 0.222 e. The largest absolute Gasteiger partial charge is 0.369 e. The molecule has 2 rings (SSSR count). The van der Waals surface area contributed by atoms with E-state index in [1.807, 2.05) is 5.38 Å². The van der Waals surface area contributed by atoms with Crippen LogP contribution in [0, 0.1) is 5.92 Å². The first-order chi connectivity index (χ1) is 9.66. The molecule has 110 valence electrons. The second kappa shape index (κ2) is 7.38. The van der Waals surface area contributed by atoms with Gasteiger partial charge in [-0.3, -0.25) is 9.59 Å². The molecule has 1 saturated carbocycles. The molecule has 1 fully saturated rings. The normalized spacial score (nSPS) is 22.4. The van der Waals surface area contributed by atoms with E-state index in [1.165, 1.54) is 0 Å². The van der Waals surface area contributed by atoms with Gasteiger partial charge >= 0.3 is 0 Å². The Kier molecular flexibility index (Phi) is 5.52. The topological polar surface area (TPSA) is 85.1 Å². The smallest absolute Gasteiger partial charge is 0.222 e. The number of amides is 2. The summed E-state index contributed by atoms with van der Waals surface area (Å²) >= 11 is 1.61. The van der Waals surface area contributed by atoms with Crippen molar-refractivity contribution in [3.63, 3.8) is 0 Å². The van der Waals surface area contributed by atoms with Crippen molar-refractivity contribution < 1.29 is 9.59 Å². The Morgan fingerprint density at radius 2 is 2.20 bits per heavy atom. The highest BCUT2D eigenvalue weighted by Crippen LogP contribution is 2.24. The maximum absolute atomic E-state index is 11.9. The highest BCUT2D eigenvalue weighted by Gasteiger charge is 2.30. The van der Waals surface area contributed by atoms with Gasteiger partial charge in [-0.05, 0) is 25.7 Å². The average Bonchev–Trinajstić information content (AvgIpc) is 2.92. The molecule has 2 atom stereocenters. The molecular weight excluding hydrogens is 274 g/mol. The lowest BCUT2D eigenvalue weighted by Crippen LogP contribution is -2.47. The third kappa shape index (κ3) is 4.30. The van der Waals surface area contributed by atoms with Gasteiger partial charge in [-0.1, -0.05) is 12.8 Å². The number of carbonyl (C=O) groups excluding carboxylic acids is 2. The second-order valence-corrected chi connectivity index (χ2v) is 6.23. The number of nitrogens with two attached hydrogens (primary N) is 1. The van der Waals surface area contributed by atoms with Crippen molar-refractivity contribution in [1.82, 2.24) is 10.3 Å². The van der Waals surface area contributed by atoms with Crippen molar-refractivity contribution in [2.45, 2.75) is 51.0 Å². The summed E-state index contributed by atoms with van der Waals surface area (Å²) in [4.78, 5) is 27.5. The molecule has 0 saturated heterocycles.